The van der Waals surface area contributed by atoms with Gasteiger partial charge in [0.2, 0.25) is 5.82 Å². The molecule has 0 spiro atoms. The number of nitrogens with one attached hydrogen (secondary N) is 1. The summed E-state index contributed by atoms with van der Waals surface area (Å²) in [5.74, 6) is 1.00. The number of hydrogen-bond donors (Lipinski definition) is 1. The van der Waals surface area contributed by atoms with Crippen LogP contribution >= 0.6 is 0 Å². The molecule has 0 bridgehead atoms. The molecule has 0 radical (unpaired) electrons. The zero-order chi connectivity index (χ0) is 13.7. The molecule has 1 N–H and O–H groups in total. The summed E-state index contributed by atoms with van der Waals surface area (Å²) < 4.78 is 5.44. The van der Waals surface area contributed by atoms with Crippen LogP contribution in [0.3, 0.4) is 0 Å². The van der Waals surface area contributed by atoms with Gasteiger partial charge in [-0.25, -0.2) is 4.98 Å². The first-order valence-corrected chi connectivity index (χ1v) is 6.58. The maximum Gasteiger partial charge on any atom is 0.372 e. The van der Waals surface area contributed by atoms with Crippen molar-refractivity contribution in [3.05, 3.63) is 16.4 Å². The first-order chi connectivity index (χ1) is 9.22. The molecule has 104 valence electrons. The van der Waals surface area contributed by atoms with Gasteiger partial charge in [0.15, 0.2) is 0 Å². The number of aromatic nitrogens is 2. The lowest BCUT2D eigenvalue weighted by Crippen LogP contribution is -2.09. The third-order valence-electron chi connectivity index (χ3n) is 2.98. The summed E-state index contributed by atoms with van der Waals surface area (Å²) in [4.78, 5) is 18.4. The predicted molar refractivity (Wildman–Crippen MR) is 70.3 cm³/mol. The van der Waals surface area contributed by atoms with E-state index in [9.17, 15) is 10.1 Å². The highest BCUT2D eigenvalue weighted by atomic mass is 16.6. The highest BCUT2D eigenvalue weighted by Gasteiger charge is 2.25. The molecule has 7 heteroatoms. The number of ether oxygens (including phenoxy) is 1. The molecule has 1 saturated carbocycles. The standard InChI is InChI=1S/C12H18N4O3/c1-2-6-13-11-10(16(17)18)12(15-8-14-11)19-7-5-9-3-4-9/h8-9H,2-7H2,1H3,(H,13,14,15). The lowest BCUT2D eigenvalue weighted by atomic mass is 10.3. The summed E-state index contributed by atoms with van der Waals surface area (Å²) in [7, 11) is 0. The highest BCUT2D eigenvalue weighted by Crippen LogP contribution is 2.34. The molecule has 2 rings (SSSR count). The van der Waals surface area contributed by atoms with E-state index in [-0.39, 0.29) is 17.4 Å². The van der Waals surface area contributed by atoms with Crippen LogP contribution in [0.2, 0.25) is 0 Å². The second-order valence-corrected chi connectivity index (χ2v) is 4.64. The quantitative estimate of drug-likeness (QED) is 0.574. The average Bonchev–Trinajstić information content (AvgIpc) is 3.20. The van der Waals surface area contributed by atoms with Gasteiger partial charge in [0, 0.05) is 6.54 Å². The fourth-order valence-electron chi connectivity index (χ4n) is 1.73. The molecule has 19 heavy (non-hydrogen) atoms. The van der Waals surface area contributed by atoms with E-state index in [4.69, 9.17) is 4.74 Å². The minimum Gasteiger partial charge on any atom is -0.473 e. The van der Waals surface area contributed by atoms with Crippen LogP contribution in [-0.4, -0.2) is 28.0 Å². The third-order valence-corrected chi connectivity index (χ3v) is 2.98. The molecule has 0 amide bonds. The van der Waals surface area contributed by atoms with Crippen LogP contribution in [0.1, 0.15) is 32.6 Å². The summed E-state index contributed by atoms with van der Waals surface area (Å²) in [6.45, 7) is 3.07. The Labute approximate surface area is 111 Å². The van der Waals surface area contributed by atoms with Crippen molar-refractivity contribution in [1.82, 2.24) is 9.97 Å². The van der Waals surface area contributed by atoms with Crippen molar-refractivity contribution in [2.45, 2.75) is 32.6 Å². The number of nitro groups is 1. The van der Waals surface area contributed by atoms with E-state index in [0.717, 1.165) is 18.8 Å². The maximum absolute atomic E-state index is 11.1. The number of rotatable bonds is 8. The van der Waals surface area contributed by atoms with E-state index in [1.165, 1.54) is 19.2 Å². The Balaban J connectivity index is 2.07. The normalized spacial score (nSPS) is 14.2. The van der Waals surface area contributed by atoms with Crippen LogP contribution in [0, 0.1) is 16.0 Å². The molecule has 1 fully saturated rings. The SMILES string of the molecule is CCCNc1ncnc(OCCC2CC2)c1[N+](=O)[O-]. The van der Waals surface area contributed by atoms with Gasteiger partial charge in [0.25, 0.3) is 5.88 Å². The number of hydrogen-bond acceptors (Lipinski definition) is 6. The summed E-state index contributed by atoms with van der Waals surface area (Å²) in [5.41, 5.74) is -0.174. The van der Waals surface area contributed by atoms with Crippen LogP contribution in [0.25, 0.3) is 0 Å². The Hall–Kier alpha value is -1.92. The molecule has 0 saturated heterocycles. The minimum atomic E-state index is -0.496. The Morgan fingerprint density at radius 1 is 1.53 bits per heavy atom. The largest absolute Gasteiger partial charge is 0.473 e. The van der Waals surface area contributed by atoms with Crippen molar-refractivity contribution in [2.75, 3.05) is 18.5 Å². The van der Waals surface area contributed by atoms with Crippen molar-refractivity contribution in [3.63, 3.8) is 0 Å². The molecule has 0 atom stereocenters. The summed E-state index contributed by atoms with van der Waals surface area (Å²) in [6, 6.07) is 0. The van der Waals surface area contributed by atoms with Crippen molar-refractivity contribution >= 4 is 11.5 Å². The Kier molecular flexibility index (Phi) is 4.48. The van der Waals surface area contributed by atoms with Gasteiger partial charge in [-0.05, 0) is 18.8 Å². The highest BCUT2D eigenvalue weighted by molar-refractivity contribution is 5.61. The van der Waals surface area contributed by atoms with Gasteiger partial charge < -0.3 is 10.1 Å². The monoisotopic (exact) mass is 266 g/mol. The summed E-state index contributed by atoms with van der Waals surface area (Å²) in [5, 5.41) is 14.0. The zero-order valence-corrected chi connectivity index (χ0v) is 11.0. The van der Waals surface area contributed by atoms with E-state index in [2.05, 4.69) is 15.3 Å². The van der Waals surface area contributed by atoms with Gasteiger partial charge >= 0.3 is 5.69 Å². The topological polar surface area (TPSA) is 90.2 Å². The molecule has 0 aliphatic heterocycles. The third kappa shape index (κ3) is 3.77. The molecule has 7 nitrogen and oxygen atoms in total. The number of nitrogens with zero attached hydrogens (tertiary/aromatic N) is 3. The van der Waals surface area contributed by atoms with Crippen LogP contribution in [0.4, 0.5) is 11.5 Å². The van der Waals surface area contributed by atoms with Gasteiger partial charge in [0.1, 0.15) is 6.33 Å². The number of anilines is 1. The minimum absolute atomic E-state index is 0.0549. The molecule has 1 aromatic heterocycles. The first kappa shape index (κ1) is 13.5. The molecule has 1 aliphatic carbocycles. The van der Waals surface area contributed by atoms with Gasteiger partial charge in [0.05, 0.1) is 11.5 Å². The second kappa shape index (κ2) is 6.31. The summed E-state index contributed by atoms with van der Waals surface area (Å²) >= 11 is 0. The van der Waals surface area contributed by atoms with Crippen LogP contribution in [-0.2, 0) is 0 Å². The molecular weight excluding hydrogens is 248 g/mol. The average molecular weight is 266 g/mol. The molecule has 0 unspecified atom stereocenters. The Bertz CT molecular complexity index is 449. The fourth-order valence-corrected chi connectivity index (χ4v) is 1.73. The molecule has 1 heterocycles. The van der Waals surface area contributed by atoms with Crippen molar-refractivity contribution in [2.24, 2.45) is 5.92 Å². The van der Waals surface area contributed by atoms with Crippen LogP contribution < -0.4 is 10.1 Å². The molecule has 0 aromatic carbocycles. The van der Waals surface area contributed by atoms with E-state index in [1.807, 2.05) is 6.92 Å². The van der Waals surface area contributed by atoms with Gasteiger partial charge in [-0.15, -0.1) is 0 Å². The van der Waals surface area contributed by atoms with Crippen LogP contribution in [0.15, 0.2) is 6.33 Å². The predicted octanol–water partition coefficient (Wildman–Crippen LogP) is 2.39. The Morgan fingerprint density at radius 2 is 2.32 bits per heavy atom. The van der Waals surface area contributed by atoms with Gasteiger partial charge in [-0.1, -0.05) is 19.8 Å². The van der Waals surface area contributed by atoms with Crippen molar-refractivity contribution in [3.8, 4) is 5.88 Å². The lowest BCUT2D eigenvalue weighted by Gasteiger charge is -2.08. The van der Waals surface area contributed by atoms with E-state index < -0.39 is 4.92 Å². The zero-order valence-electron chi connectivity index (χ0n) is 11.0. The molecular formula is C12H18N4O3. The molecule has 1 aliphatic rings. The lowest BCUT2D eigenvalue weighted by molar-refractivity contribution is -0.385. The van der Waals surface area contributed by atoms with Gasteiger partial charge in [-0.3, -0.25) is 10.1 Å². The van der Waals surface area contributed by atoms with E-state index in [0.29, 0.717) is 13.2 Å². The smallest absolute Gasteiger partial charge is 0.372 e. The van der Waals surface area contributed by atoms with Gasteiger partial charge in [-0.2, -0.15) is 4.98 Å². The first-order valence-electron chi connectivity index (χ1n) is 6.58. The second-order valence-electron chi connectivity index (χ2n) is 4.64. The van der Waals surface area contributed by atoms with Crippen LogP contribution in [0.5, 0.6) is 5.88 Å². The maximum atomic E-state index is 11.1. The van der Waals surface area contributed by atoms with Crippen molar-refractivity contribution in [1.29, 1.82) is 0 Å². The fraction of sp³-hybridized carbons (Fsp3) is 0.667. The van der Waals surface area contributed by atoms with E-state index >= 15 is 0 Å². The molecule has 1 aromatic rings. The van der Waals surface area contributed by atoms with Crippen molar-refractivity contribution < 1.29 is 9.66 Å². The summed E-state index contributed by atoms with van der Waals surface area (Å²) in [6.07, 6.45) is 5.55. The van der Waals surface area contributed by atoms with E-state index in [1.54, 1.807) is 0 Å². The Morgan fingerprint density at radius 3 is 2.95 bits per heavy atom.